The van der Waals surface area contributed by atoms with E-state index in [1.54, 1.807) is 0 Å². The summed E-state index contributed by atoms with van der Waals surface area (Å²) in [4.78, 5) is 15.7. The highest BCUT2D eigenvalue weighted by molar-refractivity contribution is 5.86. The number of amides is 1. The highest BCUT2D eigenvalue weighted by Crippen LogP contribution is 2.36. The third-order valence-electron chi connectivity index (χ3n) is 6.01. The number of carbonyl (C=O) groups is 1. The number of rotatable bonds is 6. The van der Waals surface area contributed by atoms with Crippen molar-refractivity contribution in [3.63, 3.8) is 0 Å². The van der Waals surface area contributed by atoms with Gasteiger partial charge < -0.3 is 4.90 Å². The second-order valence-electron chi connectivity index (χ2n) is 8.15. The molecule has 1 aromatic carbocycles. The molecule has 2 unspecified atom stereocenters. The molecule has 27 heavy (non-hydrogen) atoms. The molecule has 0 saturated carbocycles. The molecule has 2 aliphatic rings. The zero-order valence-electron chi connectivity index (χ0n) is 17.1. The molecule has 0 fully saturated rings. The summed E-state index contributed by atoms with van der Waals surface area (Å²) in [5, 5.41) is 0. The molecule has 0 saturated heterocycles. The lowest BCUT2D eigenvalue weighted by Gasteiger charge is -2.35. The van der Waals surface area contributed by atoms with Gasteiger partial charge in [0.25, 0.3) is 0 Å². The largest absolute Gasteiger partial charge is 0.316 e. The summed E-state index contributed by atoms with van der Waals surface area (Å²) in [6.07, 6.45) is 10.6. The smallest absolute Gasteiger partial charge is 0.234 e. The van der Waals surface area contributed by atoms with Crippen LogP contribution in [0.5, 0.6) is 0 Å². The molecule has 144 valence electrons. The molecular weight excluding hydrogens is 330 g/mol. The summed E-state index contributed by atoms with van der Waals surface area (Å²) in [6.45, 7) is 11.4. The van der Waals surface area contributed by atoms with Crippen molar-refractivity contribution in [1.82, 2.24) is 4.90 Å². The number of unbranched alkanes of at least 4 members (excludes halogenated alkanes) is 1. The molecule has 2 atom stereocenters. The minimum atomic E-state index is 0.00882. The van der Waals surface area contributed by atoms with E-state index in [1.165, 1.54) is 22.4 Å². The third-order valence-corrected chi connectivity index (χ3v) is 6.01. The van der Waals surface area contributed by atoms with Crippen LogP contribution in [-0.4, -0.2) is 17.4 Å². The SMILES string of the molecule is C=C(C)C1=CC=C(N(CCCC)C(=O)C2CCCc3ccccc32)CC1C. The maximum atomic E-state index is 13.6. The standard InChI is InChI=1S/C25H33NO/c1-5-6-16-26(21-14-15-22(18(2)3)19(4)17-21)25(27)24-13-9-11-20-10-7-8-12-23(20)24/h7-8,10,12,14-15,19,24H,2,5-6,9,11,13,16-17H2,1,3-4H3. The van der Waals surface area contributed by atoms with Crippen LogP contribution in [-0.2, 0) is 11.2 Å². The van der Waals surface area contributed by atoms with Crippen LogP contribution in [0.3, 0.4) is 0 Å². The Morgan fingerprint density at radius 1 is 1.26 bits per heavy atom. The van der Waals surface area contributed by atoms with Crippen LogP contribution in [0.1, 0.15) is 69.9 Å². The van der Waals surface area contributed by atoms with E-state index < -0.39 is 0 Å². The van der Waals surface area contributed by atoms with Gasteiger partial charge in [-0.05, 0) is 67.7 Å². The van der Waals surface area contributed by atoms with Crippen LogP contribution in [0.15, 0.2) is 59.8 Å². The highest BCUT2D eigenvalue weighted by Gasteiger charge is 2.32. The van der Waals surface area contributed by atoms with Crippen LogP contribution in [0.4, 0.5) is 0 Å². The zero-order valence-corrected chi connectivity index (χ0v) is 17.1. The molecule has 0 heterocycles. The Labute approximate surface area is 164 Å². The Hall–Kier alpha value is -2.09. The molecule has 1 amide bonds. The fourth-order valence-electron chi connectivity index (χ4n) is 4.52. The van der Waals surface area contributed by atoms with E-state index in [4.69, 9.17) is 0 Å². The molecule has 0 spiro atoms. The lowest BCUT2D eigenvalue weighted by molar-refractivity contribution is -0.131. The molecule has 0 bridgehead atoms. The normalized spacial score (nSPS) is 21.7. The number of allylic oxidation sites excluding steroid dienone is 5. The first-order chi connectivity index (χ1) is 13.0. The first-order valence-corrected chi connectivity index (χ1v) is 10.5. The molecule has 0 aliphatic heterocycles. The summed E-state index contributed by atoms with van der Waals surface area (Å²) in [6, 6.07) is 8.52. The summed E-state index contributed by atoms with van der Waals surface area (Å²) in [7, 11) is 0. The van der Waals surface area contributed by atoms with Gasteiger partial charge in [-0.25, -0.2) is 0 Å². The molecule has 3 rings (SSSR count). The lowest BCUT2D eigenvalue weighted by Crippen LogP contribution is -2.37. The van der Waals surface area contributed by atoms with E-state index >= 15 is 0 Å². The topological polar surface area (TPSA) is 20.3 Å². The van der Waals surface area contributed by atoms with Crippen LogP contribution < -0.4 is 0 Å². The number of benzene rings is 1. The van der Waals surface area contributed by atoms with Gasteiger partial charge in [-0.2, -0.15) is 0 Å². The lowest BCUT2D eigenvalue weighted by atomic mass is 9.81. The molecule has 2 aliphatic carbocycles. The number of nitrogens with zero attached hydrogens (tertiary/aromatic N) is 1. The highest BCUT2D eigenvalue weighted by atomic mass is 16.2. The predicted octanol–water partition coefficient (Wildman–Crippen LogP) is 6.16. The van der Waals surface area contributed by atoms with Gasteiger partial charge in [0.05, 0.1) is 5.92 Å². The van der Waals surface area contributed by atoms with Gasteiger partial charge in [0.15, 0.2) is 0 Å². The minimum absolute atomic E-state index is 0.00882. The van der Waals surface area contributed by atoms with Gasteiger partial charge in [0.1, 0.15) is 0 Å². The van der Waals surface area contributed by atoms with E-state index in [-0.39, 0.29) is 5.92 Å². The monoisotopic (exact) mass is 363 g/mol. The summed E-state index contributed by atoms with van der Waals surface area (Å²) < 4.78 is 0. The molecule has 0 N–H and O–H groups in total. The number of fused-ring (bicyclic) bond motifs is 1. The van der Waals surface area contributed by atoms with Crippen molar-refractivity contribution in [2.24, 2.45) is 5.92 Å². The maximum Gasteiger partial charge on any atom is 0.234 e. The number of aryl methyl sites for hydroxylation is 1. The van der Waals surface area contributed by atoms with Crippen molar-refractivity contribution >= 4 is 5.91 Å². The third kappa shape index (κ3) is 4.26. The van der Waals surface area contributed by atoms with Crippen molar-refractivity contribution in [2.45, 2.75) is 65.2 Å². The van der Waals surface area contributed by atoms with Crippen LogP contribution in [0.2, 0.25) is 0 Å². The number of hydrogen-bond donors (Lipinski definition) is 0. The van der Waals surface area contributed by atoms with Gasteiger partial charge in [-0.3, -0.25) is 4.79 Å². The second kappa shape index (κ2) is 8.73. The number of hydrogen-bond acceptors (Lipinski definition) is 1. The Morgan fingerprint density at radius 3 is 2.74 bits per heavy atom. The molecule has 1 aromatic rings. The molecule has 2 heteroatoms. The Morgan fingerprint density at radius 2 is 2.04 bits per heavy atom. The Balaban J connectivity index is 1.90. The number of carbonyl (C=O) groups excluding carboxylic acids is 1. The van der Waals surface area contributed by atoms with Gasteiger partial charge in [-0.1, -0.05) is 62.8 Å². The first kappa shape index (κ1) is 19.7. The average molecular weight is 364 g/mol. The van der Waals surface area contributed by atoms with E-state index in [2.05, 4.69) is 68.7 Å². The van der Waals surface area contributed by atoms with Crippen LogP contribution in [0.25, 0.3) is 0 Å². The summed E-state index contributed by atoms with van der Waals surface area (Å²) in [5.74, 6) is 0.717. The molecule has 0 radical (unpaired) electrons. The zero-order chi connectivity index (χ0) is 19.4. The molecule has 0 aromatic heterocycles. The minimum Gasteiger partial charge on any atom is -0.316 e. The molecule has 2 nitrogen and oxygen atoms in total. The van der Waals surface area contributed by atoms with Crippen molar-refractivity contribution in [3.8, 4) is 0 Å². The second-order valence-corrected chi connectivity index (χ2v) is 8.15. The fourth-order valence-corrected chi connectivity index (χ4v) is 4.52. The summed E-state index contributed by atoms with van der Waals surface area (Å²) in [5.41, 5.74) is 6.22. The first-order valence-electron chi connectivity index (χ1n) is 10.5. The average Bonchev–Trinajstić information content (AvgIpc) is 2.67. The maximum absolute atomic E-state index is 13.6. The summed E-state index contributed by atoms with van der Waals surface area (Å²) >= 11 is 0. The van der Waals surface area contributed by atoms with E-state index in [1.807, 2.05) is 0 Å². The van der Waals surface area contributed by atoms with Gasteiger partial charge in [-0.15, -0.1) is 0 Å². The van der Waals surface area contributed by atoms with Gasteiger partial charge >= 0.3 is 0 Å². The fraction of sp³-hybridized carbons (Fsp3) is 0.480. The van der Waals surface area contributed by atoms with Crippen molar-refractivity contribution in [2.75, 3.05) is 6.54 Å². The van der Waals surface area contributed by atoms with Crippen LogP contribution >= 0.6 is 0 Å². The van der Waals surface area contributed by atoms with Crippen molar-refractivity contribution in [3.05, 3.63) is 71.0 Å². The predicted molar refractivity (Wildman–Crippen MR) is 114 cm³/mol. The van der Waals surface area contributed by atoms with Crippen molar-refractivity contribution in [1.29, 1.82) is 0 Å². The van der Waals surface area contributed by atoms with Gasteiger partial charge in [0.2, 0.25) is 5.91 Å². The Kier molecular flexibility index (Phi) is 6.36. The van der Waals surface area contributed by atoms with Crippen LogP contribution in [0, 0.1) is 5.92 Å². The molecular formula is C25H33NO. The van der Waals surface area contributed by atoms with Crippen molar-refractivity contribution < 1.29 is 4.79 Å². The van der Waals surface area contributed by atoms with E-state index in [9.17, 15) is 4.79 Å². The Bertz CT molecular complexity index is 770. The quantitative estimate of drug-likeness (QED) is 0.592. The van der Waals surface area contributed by atoms with Gasteiger partial charge in [0, 0.05) is 12.2 Å². The van der Waals surface area contributed by atoms with E-state index in [0.717, 1.165) is 50.6 Å². The van der Waals surface area contributed by atoms with E-state index in [0.29, 0.717) is 11.8 Å².